The van der Waals surface area contributed by atoms with Crippen molar-refractivity contribution in [2.24, 2.45) is 0 Å². The molecule has 0 saturated heterocycles. The number of rotatable bonds is 5. The Balaban J connectivity index is 3.37. The first-order valence-corrected chi connectivity index (χ1v) is 4.76. The zero-order valence-corrected chi connectivity index (χ0v) is 9.44. The second-order valence-corrected chi connectivity index (χ2v) is 2.92. The van der Waals surface area contributed by atoms with Gasteiger partial charge in [-0.05, 0) is 19.1 Å². The van der Waals surface area contributed by atoms with Crippen LogP contribution in [0, 0.1) is 0 Å². The van der Waals surface area contributed by atoms with Crippen LogP contribution in [0.5, 0.6) is 17.2 Å². The minimum atomic E-state index is -1.07. The van der Waals surface area contributed by atoms with E-state index < -0.39 is 5.97 Å². The molecular weight excluding hydrogens is 212 g/mol. The zero-order valence-electron chi connectivity index (χ0n) is 9.44. The van der Waals surface area contributed by atoms with Gasteiger partial charge in [-0.2, -0.15) is 0 Å². The molecule has 5 heteroatoms. The largest absolute Gasteiger partial charge is 0.493 e. The lowest BCUT2D eigenvalue weighted by atomic mass is 10.1. The minimum Gasteiger partial charge on any atom is -0.493 e. The van der Waals surface area contributed by atoms with Gasteiger partial charge in [-0.25, -0.2) is 4.79 Å². The van der Waals surface area contributed by atoms with Crippen molar-refractivity contribution in [2.75, 3.05) is 20.8 Å². The molecule has 0 heterocycles. The highest BCUT2D eigenvalue weighted by atomic mass is 16.5. The number of ether oxygens (including phenoxy) is 3. The molecule has 1 aromatic rings. The van der Waals surface area contributed by atoms with Crippen LogP contribution in [0.15, 0.2) is 12.1 Å². The monoisotopic (exact) mass is 226 g/mol. The van der Waals surface area contributed by atoms with Crippen molar-refractivity contribution in [3.8, 4) is 17.2 Å². The van der Waals surface area contributed by atoms with Crippen molar-refractivity contribution in [1.29, 1.82) is 0 Å². The number of aromatic carboxylic acids is 1. The Bertz CT molecular complexity index is 386. The molecule has 0 amide bonds. The zero-order chi connectivity index (χ0) is 12.1. The van der Waals surface area contributed by atoms with E-state index in [2.05, 4.69) is 0 Å². The summed E-state index contributed by atoms with van der Waals surface area (Å²) >= 11 is 0. The summed E-state index contributed by atoms with van der Waals surface area (Å²) in [7, 11) is 2.92. The Hall–Kier alpha value is -1.91. The summed E-state index contributed by atoms with van der Waals surface area (Å²) in [5, 5.41) is 9.00. The van der Waals surface area contributed by atoms with E-state index in [1.54, 1.807) is 6.92 Å². The molecule has 0 radical (unpaired) electrons. The van der Waals surface area contributed by atoms with Crippen molar-refractivity contribution in [2.45, 2.75) is 6.92 Å². The van der Waals surface area contributed by atoms with E-state index in [4.69, 9.17) is 19.3 Å². The molecule has 5 nitrogen and oxygen atoms in total. The number of carboxylic acid groups (broad SMARTS) is 1. The molecule has 1 N–H and O–H groups in total. The van der Waals surface area contributed by atoms with Crippen molar-refractivity contribution in [3.63, 3.8) is 0 Å². The summed E-state index contributed by atoms with van der Waals surface area (Å²) in [6.45, 7) is 2.12. The van der Waals surface area contributed by atoms with Crippen molar-refractivity contribution >= 4 is 5.97 Å². The first-order valence-electron chi connectivity index (χ1n) is 4.76. The molecule has 88 valence electrons. The molecule has 0 aliphatic rings. The van der Waals surface area contributed by atoms with Crippen molar-refractivity contribution in [1.82, 2.24) is 0 Å². The van der Waals surface area contributed by atoms with E-state index in [-0.39, 0.29) is 11.3 Å². The van der Waals surface area contributed by atoms with Crippen LogP contribution >= 0.6 is 0 Å². The predicted octanol–water partition coefficient (Wildman–Crippen LogP) is 1.80. The second kappa shape index (κ2) is 5.25. The summed E-state index contributed by atoms with van der Waals surface area (Å²) in [5.41, 5.74) is 0.0551. The predicted molar refractivity (Wildman–Crippen MR) is 57.7 cm³/mol. The van der Waals surface area contributed by atoms with E-state index >= 15 is 0 Å². The Morgan fingerprint density at radius 1 is 1.25 bits per heavy atom. The highest BCUT2D eigenvalue weighted by molar-refractivity contribution is 5.92. The Morgan fingerprint density at radius 2 is 1.94 bits per heavy atom. The smallest absolute Gasteiger partial charge is 0.339 e. The first kappa shape index (κ1) is 12.2. The van der Waals surface area contributed by atoms with Gasteiger partial charge in [0.2, 0.25) is 5.75 Å². The van der Waals surface area contributed by atoms with Gasteiger partial charge in [0.15, 0.2) is 11.5 Å². The fraction of sp³-hybridized carbons (Fsp3) is 0.364. The Morgan fingerprint density at radius 3 is 2.38 bits per heavy atom. The van der Waals surface area contributed by atoms with E-state index in [1.807, 2.05) is 0 Å². The van der Waals surface area contributed by atoms with Crippen LogP contribution < -0.4 is 14.2 Å². The van der Waals surface area contributed by atoms with Gasteiger partial charge in [-0.1, -0.05) is 0 Å². The van der Waals surface area contributed by atoms with Crippen molar-refractivity contribution < 1.29 is 24.1 Å². The molecule has 0 aromatic heterocycles. The van der Waals surface area contributed by atoms with Gasteiger partial charge in [0, 0.05) is 0 Å². The van der Waals surface area contributed by atoms with E-state index in [0.29, 0.717) is 18.1 Å². The van der Waals surface area contributed by atoms with Crippen molar-refractivity contribution in [3.05, 3.63) is 17.7 Å². The SMILES string of the molecule is CCOc1c(C(=O)O)ccc(OC)c1OC. The molecule has 0 unspecified atom stereocenters. The summed E-state index contributed by atoms with van der Waals surface area (Å²) in [6, 6.07) is 2.96. The average Bonchev–Trinajstić information content (AvgIpc) is 2.28. The molecule has 16 heavy (non-hydrogen) atoms. The number of hydrogen-bond donors (Lipinski definition) is 1. The average molecular weight is 226 g/mol. The Labute approximate surface area is 93.6 Å². The van der Waals surface area contributed by atoms with Gasteiger partial charge in [0.05, 0.1) is 20.8 Å². The maximum Gasteiger partial charge on any atom is 0.339 e. The third-order valence-corrected chi connectivity index (χ3v) is 2.02. The van der Waals surface area contributed by atoms with Crippen LogP contribution in [0.2, 0.25) is 0 Å². The molecule has 0 saturated carbocycles. The molecular formula is C11H14O5. The number of carbonyl (C=O) groups is 1. The van der Waals surface area contributed by atoms with E-state index in [1.165, 1.54) is 26.4 Å². The Kier molecular flexibility index (Phi) is 3.99. The summed E-state index contributed by atoms with van der Waals surface area (Å²) in [4.78, 5) is 11.0. The number of carboxylic acids is 1. The first-order chi connectivity index (χ1) is 7.65. The van der Waals surface area contributed by atoms with Gasteiger partial charge >= 0.3 is 5.97 Å². The van der Waals surface area contributed by atoms with Gasteiger partial charge in [-0.3, -0.25) is 0 Å². The van der Waals surface area contributed by atoms with Crippen LogP contribution in [-0.2, 0) is 0 Å². The standard InChI is InChI=1S/C11H14O5/c1-4-16-9-7(11(12)13)5-6-8(14-2)10(9)15-3/h5-6H,4H2,1-3H3,(H,12,13). The number of benzene rings is 1. The lowest BCUT2D eigenvalue weighted by Gasteiger charge is -2.14. The fourth-order valence-electron chi connectivity index (χ4n) is 1.35. The fourth-order valence-corrected chi connectivity index (χ4v) is 1.35. The molecule has 1 aromatic carbocycles. The minimum absolute atomic E-state index is 0.0551. The molecule has 0 bridgehead atoms. The third kappa shape index (κ3) is 2.18. The lowest BCUT2D eigenvalue weighted by molar-refractivity contribution is 0.0691. The maximum absolute atomic E-state index is 11.0. The molecule has 0 aliphatic carbocycles. The van der Waals surface area contributed by atoms with Crippen LogP contribution in [0.4, 0.5) is 0 Å². The lowest BCUT2D eigenvalue weighted by Crippen LogP contribution is -2.05. The third-order valence-electron chi connectivity index (χ3n) is 2.02. The molecule has 1 rings (SSSR count). The van der Waals surface area contributed by atoms with Crippen LogP contribution in [0.3, 0.4) is 0 Å². The normalized spacial score (nSPS) is 9.69. The number of methoxy groups -OCH3 is 2. The molecule has 0 spiro atoms. The van der Waals surface area contributed by atoms with Gasteiger partial charge in [-0.15, -0.1) is 0 Å². The number of hydrogen-bond acceptors (Lipinski definition) is 4. The quantitative estimate of drug-likeness (QED) is 0.829. The summed E-state index contributed by atoms with van der Waals surface area (Å²) < 4.78 is 15.4. The van der Waals surface area contributed by atoms with Crippen LogP contribution in [0.1, 0.15) is 17.3 Å². The second-order valence-electron chi connectivity index (χ2n) is 2.92. The van der Waals surface area contributed by atoms with Gasteiger partial charge in [0.1, 0.15) is 5.56 Å². The summed E-state index contributed by atoms with van der Waals surface area (Å²) in [6.07, 6.45) is 0. The molecule has 0 atom stereocenters. The van der Waals surface area contributed by atoms with Gasteiger partial charge in [0.25, 0.3) is 0 Å². The maximum atomic E-state index is 11.0. The highest BCUT2D eigenvalue weighted by Crippen LogP contribution is 2.39. The molecule has 0 fully saturated rings. The summed E-state index contributed by atoms with van der Waals surface area (Å²) in [5.74, 6) is -0.138. The van der Waals surface area contributed by atoms with E-state index in [0.717, 1.165) is 0 Å². The highest BCUT2D eigenvalue weighted by Gasteiger charge is 2.20. The van der Waals surface area contributed by atoms with E-state index in [9.17, 15) is 4.79 Å². The van der Waals surface area contributed by atoms with Crippen LogP contribution in [-0.4, -0.2) is 31.9 Å². The molecule has 0 aliphatic heterocycles. The van der Waals surface area contributed by atoms with Crippen LogP contribution in [0.25, 0.3) is 0 Å². The van der Waals surface area contributed by atoms with Gasteiger partial charge < -0.3 is 19.3 Å². The topological polar surface area (TPSA) is 65.0 Å².